The summed E-state index contributed by atoms with van der Waals surface area (Å²) in [5.74, 6) is 2.14. The molecule has 0 aliphatic heterocycles. The van der Waals surface area contributed by atoms with Gasteiger partial charge in [-0.1, -0.05) is 77.9 Å². The van der Waals surface area contributed by atoms with Gasteiger partial charge in [0.2, 0.25) is 0 Å². The minimum atomic E-state index is -0.271. The van der Waals surface area contributed by atoms with Crippen molar-refractivity contribution in [3.8, 4) is 11.5 Å². The highest BCUT2D eigenvalue weighted by atomic mass is 19.1. The molecule has 1 N–H and O–H groups in total. The van der Waals surface area contributed by atoms with E-state index in [4.69, 9.17) is 13.9 Å². The number of furan rings is 1. The Hall–Kier alpha value is -4.10. The van der Waals surface area contributed by atoms with Gasteiger partial charge in [0.05, 0.1) is 20.3 Å². The SMILES string of the molecule is CCC(C)(C)c1ccc(OCCCCNC(=O)c2ccc(CN(Cc3cccc(F)c3)Cc3cccc(OC)c3)o2)c(C(C)(C)CC)c1. The highest BCUT2D eigenvalue weighted by molar-refractivity contribution is 5.91. The van der Waals surface area contributed by atoms with Crippen LogP contribution in [0, 0.1) is 5.82 Å². The Balaban J connectivity index is 1.30. The van der Waals surface area contributed by atoms with E-state index in [1.54, 1.807) is 25.3 Å². The second-order valence-electron chi connectivity index (χ2n) is 13.9. The van der Waals surface area contributed by atoms with Gasteiger partial charge < -0.3 is 19.2 Å². The van der Waals surface area contributed by atoms with Crippen molar-refractivity contribution in [1.29, 1.82) is 0 Å². The monoisotopic (exact) mass is 656 g/mol. The number of rotatable bonds is 18. The first-order chi connectivity index (χ1) is 22.9. The van der Waals surface area contributed by atoms with Gasteiger partial charge in [-0.15, -0.1) is 0 Å². The molecule has 0 saturated carbocycles. The van der Waals surface area contributed by atoms with Crippen LogP contribution in [0.4, 0.5) is 4.39 Å². The minimum Gasteiger partial charge on any atom is -0.497 e. The molecule has 0 radical (unpaired) electrons. The fraction of sp³-hybridized carbons (Fsp3) is 0.439. The van der Waals surface area contributed by atoms with Crippen LogP contribution >= 0.6 is 0 Å². The van der Waals surface area contributed by atoms with Gasteiger partial charge in [-0.2, -0.15) is 0 Å². The van der Waals surface area contributed by atoms with Crippen molar-refractivity contribution in [3.05, 3.63) is 118 Å². The molecule has 0 aliphatic carbocycles. The molecular formula is C41H53FN2O4. The average molecular weight is 657 g/mol. The summed E-state index contributed by atoms with van der Waals surface area (Å²) in [5.41, 5.74) is 4.63. The van der Waals surface area contributed by atoms with E-state index >= 15 is 0 Å². The van der Waals surface area contributed by atoms with Crippen LogP contribution in [-0.4, -0.2) is 31.1 Å². The molecule has 4 aromatic rings. The highest BCUT2D eigenvalue weighted by Crippen LogP contribution is 2.38. The van der Waals surface area contributed by atoms with Crippen LogP contribution < -0.4 is 14.8 Å². The average Bonchev–Trinajstić information content (AvgIpc) is 3.54. The summed E-state index contributed by atoms with van der Waals surface area (Å²) in [6.07, 6.45) is 3.70. The first-order valence-corrected chi connectivity index (χ1v) is 17.2. The zero-order chi connectivity index (χ0) is 34.7. The normalized spacial score (nSPS) is 11.9. The van der Waals surface area contributed by atoms with Gasteiger partial charge in [0, 0.05) is 25.2 Å². The summed E-state index contributed by atoms with van der Waals surface area (Å²) < 4.78 is 31.6. The lowest BCUT2D eigenvalue weighted by Gasteiger charge is -2.30. The molecule has 48 heavy (non-hydrogen) atoms. The molecular weight excluding hydrogens is 603 g/mol. The van der Waals surface area contributed by atoms with E-state index in [-0.39, 0.29) is 28.3 Å². The maximum Gasteiger partial charge on any atom is 0.286 e. The van der Waals surface area contributed by atoms with E-state index in [0.29, 0.717) is 38.5 Å². The molecule has 6 nitrogen and oxygen atoms in total. The molecule has 3 aromatic carbocycles. The summed E-state index contributed by atoms with van der Waals surface area (Å²) in [7, 11) is 1.64. The van der Waals surface area contributed by atoms with Crippen molar-refractivity contribution in [2.24, 2.45) is 0 Å². The Bertz CT molecular complexity index is 1630. The van der Waals surface area contributed by atoms with Crippen LogP contribution in [0.2, 0.25) is 0 Å². The Morgan fingerprint density at radius 2 is 1.54 bits per heavy atom. The number of methoxy groups -OCH3 is 1. The first-order valence-electron chi connectivity index (χ1n) is 17.2. The van der Waals surface area contributed by atoms with Crippen molar-refractivity contribution in [2.75, 3.05) is 20.3 Å². The molecule has 1 heterocycles. The first kappa shape index (κ1) is 36.7. The lowest BCUT2D eigenvalue weighted by molar-refractivity contribution is 0.0920. The summed E-state index contributed by atoms with van der Waals surface area (Å²) in [6, 6.07) is 24.7. The smallest absolute Gasteiger partial charge is 0.286 e. The number of halogens is 1. The fourth-order valence-electron chi connectivity index (χ4n) is 5.59. The van der Waals surface area contributed by atoms with Gasteiger partial charge in [-0.05, 0) is 95.7 Å². The number of hydrogen-bond acceptors (Lipinski definition) is 5. The number of carbonyl (C=O) groups is 1. The summed E-state index contributed by atoms with van der Waals surface area (Å²) in [6.45, 7) is 16.2. The largest absolute Gasteiger partial charge is 0.497 e. The highest BCUT2D eigenvalue weighted by Gasteiger charge is 2.26. The van der Waals surface area contributed by atoms with E-state index < -0.39 is 0 Å². The van der Waals surface area contributed by atoms with Gasteiger partial charge >= 0.3 is 0 Å². The van der Waals surface area contributed by atoms with Crippen molar-refractivity contribution < 1.29 is 23.1 Å². The number of nitrogens with one attached hydrogen (secondary N) is 1. The number of hydrogen-bond donors (Lipinski definition) is 1. The van der Waals surface area contributed by atoms with E-state index in [1.807, 2.05) is 36.4 Å². The standard InChI is InChI=1S/C41H53FN2O4/c1-8-40(3,4)32-18-20-37(36(26-32)41(5,6)9-2)47-23-11-10-22-43-39(45)38-21-19-35(48-38)29-44(27-30-14-12-16-33(42)24-30)28-31-15-13-17-34(25-31)46-7/h12-21,24-26H,8-11,22-23,27-29H2,1-7H3,(H,43,45). The van der Waals surface area contributed by atoms with Gasteiger partial charge in [-0.25, -0.2) is 4.39 Å². The third kappa shape index (κ3) is 10.2. The maximum atomic E-state index is 13.9. The topological polar surface area (TPSA) is 63.9 Å². The number of amides is 1. The minimum absolute atomic E-state index is 0.0105. The number of nitrogens with zero attached hydrogens (tertiary/aromatic N) is 1. The van der Waals surface area contributed by atoms with Crippen LogP contribution in [0.15, 0.2) is 83.3 Å². The molecule has 7 heteroatoms. The number of ether oxygens (including phenoxy) is 2. The molecule has 0 unspecified atom stereocenters. The molecule has 4 rings (SSSR count). The summed E-state index contributed by atoms with van der Waals surface area (Å²) in [4.78, 5) is 15.1. The van der Waals surface area contributed by atoms with Gasteiger partial charge in [0.25, 0.3) is 5.91 Å². The molecule has 1 amide bonds. The molecule has 0 fully saturated rings. The molecule has 0 spiro atoms. The molecule has 0 saturated heterocycles. The molecule has 0 bridgehead atoms. The second kappa shape index (κ2) is 16.8. The summed E-state index contributed by atoms with van der Waals surface area (Å²) in [5, 5.41) is 2.98. The second-order valence-corrected chi connectivity index (χ2v) is 13.9. The zero-order valence-electron chi connectivity index (χ0n) is 29.8. The molecule has 0 aliphatic rings. The van der Waals surface area contributed by atoms with Gasteiger partial charge in [0.1, 0.15) is 23.1 Å². The van der Waals surface area contributed by atoms with E-state index in [9.17, 15) is 9.18 Å². The number of benzene rings is 3. The van der Waals surface area contributed by atoms with Crippen molar-refractivity contribution in [2.45, 2.75) is 97.7 Å². The van der Waals surface area contributed by atoms with E-state index in [2.05, 4.69) is 70.0 Å². The van der Waals surface area contributed by atoms with E-state index in [0.717, 1.165) is 48.3 Å². The number of carbonyl (C=O) groups excluding carboxylic acids is 1. The molecule has 258 valence electrons. The van der Waals surface area contributed by atoms with Crippen molar-refractivity contribution in [3.63, 3.8) is 0 Å². The predicted molar refractivity (Wildman–Crippen MR) is 191 cm³/mol. The summed E-state index contributed by atoms with van der Waals surface area (Å²) >= 11 is 0. The van der Waals surface area contributed by atoms with Crippen LogP contribution in [0.1, 0.15) is 106 Å². The van der Waals surface area contributed by atoms with Crippen LogP contribution in [0.3, 0.4) is 0 Å². The Morgan fingerprint density at radius 3 is 2.23 bits per heavy atom. The molecule has 0 atom stereocenters. The maximum absolute atomic E-state index is 13.9. The Labute approximate surface area is 286 Å². The lowest BCUT2D eigenvalue weighted by atomic mass is 9.76. The van der Waals surface area contributed by atoms with Crippen molar-refractivity contribution in [1.82, 2.24) is 10.2 Å². The van der Waals surface area contributed by atoms with Crippen LogP contribution in [-0.2, 0) is 30.5 Å². The Morgan fingerprint density at radius 1 is 0.833 bits per heavy atom. The number of unbranched alkanes of at least 4 members (excludes halogenated alkanes) is 1. The Kier molecular flexibility index (Phi) is 12.9. The zero-order valence-corrected chi connectivity index (χ0v) is 29.8. The van der Waals surface area contributed by atoms with Crippen LogP contribution in [0.25, 0.3) is 0 Å². The quantitative estimate of drug-likeness (QED) is 0.108. The molecule has 1 aromatic heterocycles. The van der Waals surface area contributed by atoms with Crippen LogP contribution in [0.5, 0.6) is 11.5 Å². The third-order valence-corrected chi connectivity index (χ3v) is 9.47. The van der Waals surface area contributed by atoms with Gasteiger partial charge in [-0.3, -0.25) is 9.69 Å². The lowest BCUT2D eigenvalue weighted by Crippen LogP contribution is -2.24. The van der Waals surface area contributed by atoms with Crippen molar-refractivity contribution >= 4 is 5.91 Å². The third-order valence-electron chi connectivity index (χ3n) is 9.47. The van der Waals surface area contributed by atoms with Gasteiger partial charge in [0.15, 0.2) is 5.76 Å². The predicted octanol–water partition coefficient (Wildman–Crippen LogP) is 9.59. The van der Waals surface area contributed by atoms with E-state index in [1.165, 1.54) is 17.2 Å². The fourth-order valence-corrected chi connectivity index (χ4v) is 5.59.